The Morgan fingerprint density at radius 3 is 1.81 bits per heavy atom. The van der Waals surface area contributed by atoms with Crippen LogP contribution in [0.4, 0.5) is 0 Å². The molecule has 0 radical (unpaired) electrons. The van der Waals surface area contributed by atoms with E-state index < -0.39 is 16.1 Å². The van der Waals surface area contributed by atoms with Crippen LogP contribution in [0.1, 0.15) is 22.7 Å². The van der Waals surface area contributed by atoms with Crippen LogP contribution in [0, 0.1) is 6.92 Å². The van der Waals surface area contributed by atoms with Gasteiger partial charge in [-0.25, -0.2) is 13.1 Å². The second-order valence-electron chi connectivity index (χ2n) is 7.13. The van der Waals surface area contributed by atoms with Crippen molar-refractivity contribution in [2.24, 2.45) is 0 Å². The molecule has 0 aliphatic carbocycles. The molecule has 0 saturated heterocycles. The number of aryl methyl sites for hydroxylation is 1. The Hall–Kier alpha value is -3.03. The molecular weight excluding hydrogens is 414 g/mol. The highest BCUT2D eigenvalue weighted by molar-refractivity contribution is 7.89. The van der Waals surface area contributed by atoms with E-state index in [1.807, 2.05) is 48.5 Å². The van der Waals surface area contributed by atoms with Gasteiger partial charge in [0.1, 0.15) is 17.2 Å². The van der Waals surface area contributed by atoms with Crippen LogP contribution in [0.5, 0.6) is 17.2 Å². The quantitative estimate of drug-likeness (QED) is 0.536. The molecule has 0 aliphatic heterocycles. The summed E-state index contributed by atoms with van der Waals surface area (Å²) in [5.41, 5.74) is 2.44. The molecule has 0 fully saturated rings. The van der Waals surface area contributed by atoms with E-state index >= 15 is 0 Å². The van der Waals surface area contributed by atoms with Crippen molar-refractivity contribution in [2.75, 3.05) is 21.3 Å². The first-order chi connectivity index (χ1) is 14.9. The molecule has 31 heavy (non-hydrogen) atoms. The Kier molecular flexibility index (Phi) is 7.20. The fraction of sp³-hybridized carbons (Fsp3) is 0.250. The fourth-order valence-corrected chi connectivity index (χ4v) is 4.81. The van der Waals surface area contributed by atoms with Crippen LogP contribution in [-0.2, 0) is 16.4 Å². The summed E-state index contributed by atoms with van der Waals surface area (Å²) in [6.45, 7) is 1.75. The van der Waals surface area contributed by atoms with E-state index in [0.717, 1.165) is 16.9 Å². The first kappa shape index (κ1) is 22.7. The summed E-state index contributed by atoms with van der Waals surface area (Å²) in [6.07, 6.45) is 0.477. The lowest BCUT2D eigenvalue weighted by molar-refractivity contribution is 0.414. The Balaban J connectivity index is 1.94. The number of hydrogen-bond donors (Lipinski definition) is 1. The third-order valence-electron chi connectivity index (χ3n) is 5.09. The highest BCUT2D eigenvalue weighted by Gasteiger charge is 2.24. The van der Waals surface area contributed by atoms with Gasteiger partial charge in [0, 0.05) is 0 Å². The van der Waals surface area contributed by atoms with Crippen molar-refractivity contribution in [1.29, 1.82) is 0 Å². The van der Waals surface area contributed by atoms with E-state index in [9.17, 15) is 8.42 Å². The molecular formula is C24H27NO5S. The smallest absolute Gasteiger partial charge is 0.241 e. The van der Waals surface area contributed by atoms with Crippen LogP contribution in [0.25, 0.3) is 0 Å². The lowest BCUT2D eigenvalue weighted by atomic mass is 9.99. The van der Waals surface area contributed by atoms with Crippen molar-refractivity contribution in [3.05, 3.63) is 83.4 Å². The summed E-state index contributed by atoms with van der Waals surface area (Å²) in [7, 11) is 0.986. The van der Waals surface area contributed by atoms with Gasteiger partial charge in [0.15, 0.2) is 0 Å². The molecule has 1 atom stereocenters. The summed E-state index contributed by atoms with van der Waals surface area (Å²) in [6, 6.07) is 19.4. The molecule has 3 aromatic rings. The second kappa shape index (κ2) is 9.85. The van der Waals surface area contributed by atoms with E-state index in [-0.39, 0.29) is 4.90 Å². The number of hydrogen-bond acceptors (Lipinski definition) is 5. The monoisotopic (exact) mass is 441 g/mol. The summed E-state index contributed by atoms with van der Waals surface area (Å²) in [5, 5.41) is 0. The molecule has 0 aliphatic rings. The van der Waals surface area contributed by atoms with Crippen LogP contribution < -0.4 is 18.9 Å². The summed E-state index contributed by atoms with van der Waals surface area (Å²) in [4.78, 5) is 0.224. The molecule has 0 aromatic heterocycles. The van der Waals surface area contributed by atoms with Crippen LogP contribution in [0.2, 0.25) is 0 Å². The molecule has 0 saturated carbocycles. The lowest BCUT2D eigenvalue weighted by Crippen LogP contribution is -2.30. The number of ether oxygens (including phenoxy) is 3. The molecule has 0 amide bonds. The van der Waals surface area contributed by atoms with Gasteiger partial charge in [-0.05, 0) is 72.5 Å². The van der Waals surface area contributed by atoms with Crippen molar-refractivity contribution in [2.45, 2.75) is 24.3 Å². The van der Waals surface area contributed by atoms with Gasteiger partial charge in [0.25, 0.3) is 0 Å². The summed E-state index contributed by atoms with van der Waals surface area (Å²) in [5.74, 6) is 2.07. The molecule has 0 bridgehead atoms. The van der Waals surface area contributed by atoms with Gasteiger partial charge in [-0.3, -0.25) is 0 Å². The van der Waals surface area contributed by atoms with Gasteiger partial charge in [-0.1, -0.05) is 24.3 Å². The first-order valence-electron chi connectivity index (χ1n) is 9.80. The maximum Gasteiger partial charge on any atom is 0.241 e. The minimum atomic E-state index is -3.77. The van der Waals surface area contributed by atoms with Crippen molar-refractivity contribution in [1.82, 2.24) is 4.72 Å². The molecule has 1 N–H and O–H groups in total. The van der Waals surface area contributed by atoms with Crippen molar-refractivity contribution in [3.63, 3.8) is 0 Å². The third kappa shape index (κ3) is 5.57. The summed E-state index contributed by atoms with van der Waals surface area (Å²) >= 11 is 0. The largest absolute Gasteiger partial charge is 0.497 e. The zero-order valence-electron chi connectivity index (χ0n) is 18.1. The molecule has 3 rings (SSSR count). The van der Waals surface area contributed by atoms with E-state index in [4.69, 9.17) is 14.2 Å². The molecule has 1 unspecified atom stereocenters. The van der Waals surface area contributed by atoms with Crippen LogP contribution in [0.15, 0.2) is 71.6 Å². The number of methoxy groups -OCH3 is 3. The minimum Gasteiger partial charge on any atom is -0.497 e. The van der Waals surface area contributed by atoms with Gasteiger partial charge in [-0.15, -0.1) is 0 Å². The lowest BCUT2D eigenvalue weighted by Gasteiger charge is -2.21. The zero-order chi connectivity index (χ0) is 22.4. The average molecular weight is 442 g/mol. The Labute approximate surface area is 183 Å². The van der Waals surface area contributed by atoms with Crippen LogP contribution >= 0.6 is 0 Å². The highest BCUT2D eigenvalue weighted by Crippen LogP contribution is 2.27. The Morgan fingerprint density at radius 2 is 1.29 bits per heavy atom. The average Bonchev–Trinajstić information content (AvgIpc) is 2.78. The summed E-state index contributed by atoms with van der Waals surface area (Å²) < 4.78 is 45.0. The maximum absolute atomic E-state index is 13.3. The van der Waals surface area contributed by atoms with Gasteiger partial charge >= 0.3 is 0 Å². The van der Waals surface area contributed by atoms with E-state index in [0.29, 0.717) is 23.5 Å². The molecule has 0 heterocycles. The van der Waals surface area contributed by atoms with E-state index in [1.165, 1.54) is 0 Å². The SMILES string of the molecule is COc1ccc(CC(NS(=O)(=O)c2ccc(OC)cc2C)c2ccc(OC)cc2)cc1. The van der Waals surface area contributed by atoms with Crippen molar-refractivity contribution in [3.8, 4) is 17.2 Å². The minimum absolute atomic E-state index is 0.224. The number of benzene rings is 3. The highest BCUT2D eigenvalue weighted by atomic mass is 32.2. The molecule has 6 nitrogen and oxygen atoms in total. The third-order valence-corrected chi connectivity index (χ3v) is 6.72. The molecule has 7 heteroatoms. The van der Waals surface area contributed by atoms with Crippen LogP contribution in [-0.4, -0.2) is 29.7 Å². The fourth-order valence-electron chi connectivity index (χ4n) is 3.36. The topological polar surface area (TPSA) is 73.9 Å². The van der Waals surface area contributed by atoms with Crippen molar-refractivity contribution < 1.29 is 22.6 Å². The number of nitrogens with one attached hydrogen (secondary N) is 1. The normalized spacial score (nSPS) is 12.3. The van der Waals surface area contributed by atoms with Gasteiger partial charge in [-0.2, -0.15) is 0 Å². The van der Waals surface area contributed by atoms with E-state index in [1.54, 1.807) is 46.5 Å². The van der Waals surface area contributed by atoms with Gasteiger partial charge in [0.2, 0.25) is 10.0 Å². The predicted molar refractivity (Wildman–Crippen MR) is 120 cm³/mol. The predicted octanol–water partition coefficient (Wildman–Crippen LogP) is 4.28. The second-order valence-corrected chi connectivity index (χ2v) is 8.81. The van der Waals surface area contributed by atoms with Gasteiger partial charge < -0.3 is 14.2 Å². The molecule has 164 valence electrons. The Bertz CT molecular complexity index is 1110. The first-order valence-corrected chi connectivity index (χ1v) is 11.3. The van der Waals surface area contributed by atoms with E-state index in [2.05, 4.69) is 4.72 Å². The zero-order valence-corrected chi connectivity index (χ0v) is 18.9. The van der Waals surface area contributed by atoms with Crippen LogP contribution in [0.3, 0.4) is 0 Å². The molecule has 3 aromatic carbocycles. The number of sulfonamides is 1. The Morgan fingerprint density at radius 1 is 0.774 bits per heavy atom. The standard InChI is InChI=1S/C24H27NO5S/c1-17-15-22(30-4)13-14-24(17)31(26,27)25-23(19-7-11-21(29-3)12-8-19)16-18-5-9-20(28-2)10-6-18/h5-15,23,25H,16H2,1-4H3. The molecule has 0 spiro atoms. The maximum atomic E-state index is 13.3. The van der Waals surface area contributed by atoms with Crippen molar-refractivity contribution >= 4 is 10.0 Å². The number of rotatable bonds is 9. The van der Waals surface area contributed by atoms with Gasteiger partial charge in [0.05, 0.1) is 32.3 Å².